The molecule has 1 saturated heterocycles. The van der Waals surface area contributed by atoms with Crippen LogP contribution in [0.15, 0.2) is 22.7 Å². The van der Waals surface area contributed by atoms with Crippen LogP contribution in [0, 0.1) is 5.92 Å². The van der Waals surface area contributed by atoms with Crippen LogP contribution in [0.4, 0.5) is 0 Å². The van der Waals surface area contributed by atoms with Crippen LogP contribution in [0.3, 0.4) is 0 Å². The molecule has 1 N–H and O–H groups in total. The number of nitrogens with one attached hydrogen (secondary N) is 1. The molecule has 1 aliphatic heterocycles. The van der Waals surface area contributed by atoms with E-state index in [0.717, 1.165) is 36.1 Å². The van der Waals surface area contributed by atoms with Crippen molar-refractivity contribution >= 4 is 33.4 Å². The molecule has 3 nitrogen and oxygen atoms in total. The molecule has 1 heterocycles. The predicted octanol–water partition coefficient (Wildman–Crippen LogP) is 3.10. The number of benzene rings is 1. The number of carbonyl (C=O) groups is 1. The monoisotopic (exact) mass is 358 g/mol. The predicted molar refractivity (Wildman–Crippen MR) is 86.1 cm³/mol. The van der Waals surface area contributed by atoms with Gasteiger partial charge in [0.2, 0.25) is 5.91 Å². The molecular formula is C15H20BrClN2O. The highest BCUT2D eigenvalue weighted by Gasteiger charge is 2.23. The summed E-state index contributed by atoms with van der Waals surface area (Å²) in [6, 6.07) is 5.58. The molecule has 0 aliphatic carbocycles. The number of rotatable bonds is 4. The van der Waals surface area contributed by atoms with E-state index in [1.54, 1.807) is 0 Å². The normalized spacial score (nSPS) is 19.1. The number of halogens is 2. The summed E-state index contributed by atoms with van der Waals surface area (Å²) in [5.41, 5.74) is 0.995. The fraction of sp³-hybridized carbons (Fsp3) is 0.533. The van der Waals surface area contributed by atoms with Crippen molar-refractivity contribution in [3.63, 3.8) is 0 Å². The summed E-state index contributed by atoms with van der Waals surface area (Å²) >= 11 is 9.39. The molecular weight excluding hydrogens is 340 g/mol. The summed E-state index contributed by atoms with van der Waals surface area (Å²) in [6.07, 6.45) is 2.74. The van der Waals surface area contributed by atoms with Crippen molar-refractivity contribution < 1.29 is 4.79 Å². The Kier molecular flexibility index (Phi) is 5.87. The highest BCUT2D eigenvalue weighted by Crippen LogP contribution is 2.23. The zero-order valence-corrected chi connectivity index (χ0v) is 14.0. The minimum Gasteiger partial charge on any atom is -0.342 e. The molecule has 1 amide bonds. The first-order valence-electron chi connectivity index (χ1n) is 6.96. The number of nitrogens with zero attached hydrogens (tertiary/aromatic N) is 1. The standard InChI is InChI=1S/C15H20BrClN2O/c1-18-9-11-3-2-6-19(10-11)15(20)7-12-4-5-13(17)8-14(12)16/h4-5,8,11,18H,2-3,6-7,9-10H2,1H3. The van der Waals surface area contributed by atoms with Gasteiger partial charge in [-0.25, -0.2) is 0 Å². The average molecular weight is 360 g/mol. The lowest BCUT2D eigenvalue weighted by atomic mass is 9.97. The number of carbonyl (C=O) groups excluding carboxylic acids is 1. The van der Waals surface area contributed by atoms with Crippen LogP contribution in [0.5, 0.6) is 0 Å². The van der Waals surface area contributed by atoms with E-state index in [-0.39, 0.29) is 5.91 Å². The Morgan fingerprint density at radius 1 is 1.55 bits per heavy atom. The van der Waals surface area contributed by atoms with Gasteiger partial charge < -0.3 is 10.2 Å². The van der Waals surface area contributed by atoms with Crippen LogP contribution < -0.4 is 5.32 Å². The Hall–Kier alpha value is -0.580. The summed E-state index contributed by atoms with van der Waals surface area (Å²) in [4.78, 5) is 14.4. The Labute approximate surface area is 133 Å². The minimum absolute atomic E-state index is 0.203. The van der Waals surface area contributed by atoms with Crippen molar-refractivity contribution in [1.82, 2.24) is 10.2 Å². The second-order valence-electron chi connectivity index (χ2n) is 5.32. The lowest BCUT2D eigenvalue weighted by Gasteiger charge is -2.33. The van der Waals surface area contributed by atoms with Crippen LogP contribution in [-0.2, 0) is 11.2 Å². The van der Waals surface area contributed by atoms with Gasteiger partial charge in [-0.1, -0.05) is 33.6 Å². The first-order chi connectivity index (χ1) is 9.60. The van der Waals surface area contributed by atoms with Crippen LogP contribution in [0.2, 0.25) is 5.02 Å². The molecule has 1 aromatic rings. The van der Waals surface area contributed by atoms with Gasteiger partial charge in [-0.2, -0.15) is 0 Å². The van der Waals surface area contributed by atoms with Crippen LogP contribution in [0.25, 0.3) is 0 Å². The second-order valence-corrected chi connectivity index (χ2v) is 6.61. The lowest BCUT2D eigenvalue weighted by Crippen LogP contribution is -2.43. The molecule has 20 heavy (non-hydrogen) atoms. The highest BCUT2D eigenvalue weighted by molar-refractivity contribution is 9.10. The average Bonchev–Trinajstić information content (AvgIpc) is 2.42. The van der Waals surface area contributed by atoms with Crippen molar-refractivity contribution in [2.45, 2.75) is 19.3 Å². The maximum Gasteiger partial charge on any atom is 0.227 e. The molecule has 0 radical (unpaired) electrons. The van der Waals surface area contributed by atoms with E-state index in [0.29, 0.717) is 17.4 Å². The van der Waals surface area contributed by atoms with Gasteiger partial charge in [0.05, 0.1) is 6.42 Å². The highest BCUT2D eigenvalue weighted by atomic mass is 79.9. The number of piperidine rings is 1. The molecule has 5 heteroatoms. The molecule has 1 aromatic carbocycles. The third-order valence-corrected chi connectivity index (χ3v) is 4.69. The number of hydrogen-bond acceptors (Lipinski definition) is 2. The first kappa shape index (κ1) is 15.8. The third kappa shape index (κ3) is 4.21. The maximum absolute atomic E-state index is 12.4. The van der Waals surface area contributed by atoms with Crippen molar-refractivity contribution in [2.24, 2.45) is 5.92 Å². The summed E-state index contributed by atoms with van der Waals surface area (Å²) in [6.45, 7) is 2.73. The van der Waals surface area contributed by atoms with Gasteiger partial charge in [-0.05, 0) is 50.0 Å². The Balaban J connectivity index is 1.97. The second kappa shape index (κ2) is 7.43. The third-order valence-electron chi connectivity index (χ3n) is 3.72. The molecule has 1 aliphatic rings. The van der Waals surface area contributed by atoms with Gasteiger partial charge >= 0.3 is 0 Å². The van der Waals surface area contributed by atoms with Gasteiger partial charge in [0.1, 0.15) is 0 Å². The van der Waals surface area contributed by atoms with Crippen LogP contribution in [-0.4, -0.2) is 37.5 Å². The van der Waals surface area contributed by atoms with Gasteiger partial charge in [0.25, 0.3) is 0 Å². The number of hydrogen-bond donors (Lipinski definition) is 1. The van der Waals surface area contributed by atoms with Crippen molar-refractivity contribution in [2.75, 3.05) is 26.7 Å². The maximum atomic E-state index is 12.4. The van der Waals surface area contributed by atoms with Gasteiger partial charge in [0, 0.05) is 22.6 Å². The summed E-state index contributed by atoms with van der Waals surface area (Å²) in [7, 11) is 1.96. The van der Waals surface area contributed by atoms with E-state index in [9.17, 15) is 4.79 Å². The largest absolute Gasteiger partial charge is 0.342 e. The lowest BCUT2D eigenvalue weighted by molar-refractivity contribution is -0.132. The van der Waals surface area contributed by atoms with E-state index in [2.05, 4.69) is 21.2 Å². The molecule has 0 spiro atoms. The molecule has 0 aromatic heterocycles. The first-order valence-corrected chi connectivity index (χ1v) is 8.13. The van der Waals surface area contributed by atoms with Crippen molar-refractivity contribution in [1.29, 1.82) is 0 Å². The van der Waals surface area contributed by atoms with E-state index < -0.39 is 0 Å². The Morgan fingerprint density at radius 3 is 3.05 bits per heavy atom. The smallest absolute Gasteiger partial charge is 0.227 e. The van der Waals surface area contributed by atoms with Gasteiger partial charge in [-0.15, -0.1) is 0 Å². The van der Waals surface area contributed by atoms with Crippen molar-refractivity contribution in [3.8, 4) is 0 Å². The van der Waals surface area contributed by atoms with Gasteiger partial charge in [-0.3, -0.25) is 4.79 Å². The minimum atomic E-state index is 0.203. The molecule has 0 saturated carbocycles. The van der Waals surface area contributed by atoms with E-state index in [1.807, 2.05) is 30.1 Å². The quantitative estimate of drug-likeness (QED) is 0.896. The fourth-order valence-electron chi connectivity index (χ4n) is 2.69. The summed E-state index contributed by atoms with van der Waals surface area (Å²) in [5, 5.41) is 3.88. The van der Waals surface area contributed by atoms with Crippen molar-refractivity contribution in [3.05, 3.63) is 33.3 Å². The molecule has 1 atom stereocenters. The topological polar surface area (TPSA) is 32.3 Å². The summed E-state index contributed by atoms with van der Waals surface area (Å²) in [5.74, 6) is 0.778. The Bertz CT molecular complexity index is 479. The summed E-state index contributed by atoms with van der Waals surface area (Å²) < 4.78 is 0.905. The van der Waals surface area contributed by atoms with Crippen LogP contribution >= 0.6 is 27.5 Å². The number of amides is 1. The fourth-order valence-corrected chi connectivity index (χ4v) is 3.51. The molecule has 110 valence electrons. The molecule has 0 bridgehead atoms. The van der Waals surface area contributed by atoms with E-state index in [1.165, 1.54) is 6.42 Å². The zero-order valence-electron chi connectivity index (χ0n) is 11.7. The van der Waals surface area contributed by atoms with Gasteiger partial charge in [0.15, 0.2) is 0 Å². The van der Waals surface area contributed by atoms with E-state index >= 15 is 0 Å². The zero-order chi connectivity index (χ0) is 14.5. The number of likely N-dealkylation sites (tertiary alicyclic amines) is 1. The molecule has 2 rings (SSSR count). The Morgan fingerprint density at radius 2 is 2.35 bits per heavy atom. The molecule has 1 fully saturated rings. The molecule has 1 unspecified atom stereocenters. The van der Waals surface area contributed by atoms with Crippen LogP contribution in [0.1, 0.15) is 18.4 Å². The van der Waals surface area contributed by atoms with E-state index in [4.69, 9.17) is 11.6 Å². The SMILES string of the molecule is CNCC1CCCN(C(=O)Cc2ccc(Cl)cc2Br)C1.